The second-order valence-corrected chi connectivity index (χ2v) is 4.57. The van der Waals surface area contributed by atoms with E-state index in [1.54, 1.807) is 6.08 Å². The maximum Gasteiger partial charge on any atom is 0.303 e. The molecule has 0 saturated carbocycles. The minimum absolute atomic E-state index is 0.273. The van der Waals surface area contributed by atoms with Crippen molar-refractivity contribution in [3.63, 3.8) is 0 Å². The van der Waals surface area contributed by atoms with E-state index in [1.807, 2.05) is 0 Å². The lowest BCUT2D eigenvalue weighted by Crippen LogP contribution is -2.35. The van der Waals surface area contributed by atoms with Crippen molar-refractivity contribution in [1.82, 2.24) is 0 Å². The Morgan fingerprint density at radius 3 is 2.93 bits per heavy atom. The summed E-state index contributed by atoms with van der Waals surface area (Å²) in [7, 11) is 0. The third kappa shape index (κ3) is 2.27. The molecular formula is C11H15BrO2. The zero-order chi connectivity index (χ0) is 10.8. The van der Waals surface area contributed by atoms with Gasteiger partial charge in [0, 0.05) is 11.4 Å². The summed E-state index contributed by atoms with van der Waals surface area (Å²) in [5.74, 6) is 0.248. The van der Waals surface area contributed by atoms with Gasteiger partial charge in [-0.3, -0.25) is 4.79 Å². The molecule has 0 N–H and O–H groups in total. The third-order valence-corrected chi connectivity index (χ3v) is 3.40. The molecule has 2 unspecified atom stereocenters. The largest absolute Gasteiger partial charge is 0.450 e. The molecule has 0 spiro atoms. The summed E-state index contributed by atoms with van der Waals surface area (Å²) in [4.78, 5) is 11.0. The Balaban J connectivity index is 2.94. The van der Waals surface area contributed by atoms with Crippen molar-refractivity contribution in [1.29, 1.82) is 0 Å². The van der Waals surface area contributed by atoms with E-state index in [-0.39, 0.29) is 5.97 Å². The minimum atomic E-state index is -0.627. The predicted molar refractivity (Wildman–Crippen MR) is 60.1 cm³/mol. The number of hydrogen-bond acceptors (Lipinski definition) is 2. The van der Waals surface area contributed by atoms with Gasteiger partial charge < -0.3 is 4.74 Å². The maximum atomic E-state index is 11.0. The fourth-order valence-electron chi connectivity index (χ4n) is 1.63. The highest BCUT2D eigenvalue weighted by atomic mass is 79.9. The fraction of sp³-hybridized carbons (Fsp3) is 0.545. The van der Waals surface area contributed by atoms with Gasteiger partial charge in [-0.1, -0.05) is 35.5 Å². The van der Waals surface area contributed by atoms with Crippen LogP contribution in [-0.2, 0) is 9.53 Å². The van der Waals surface area contributed by atoms with Crippen LogP contribution < -0.4 is 0 Å². The van der Waals surface area contributed by atoms with Crippen molar-refractivity contribution < 1.29 is 9.53 Å². The highest BCUT2D eigenvalue weighted by Gasteiger charge is 2.36. The summed E-state index contributed by atoms with van der Waals surface area (Å²) in [6, 6.07) is 0. The highest BCUT2D eigenvalue weighted by Crippen LogP contribution is 2.39. The number of carbonyl (C=O) groups is 1. The van der Waals surface area contributed by atoms with Crippen LogP contribution in [0, 0.1) is 5.92 Å². The van der Waals surface area contributed by atoms with E-state index >= 15 is 0 Å². The van der Waals surface area contributed by atoms with Crippen LogP contribution in [-0.4, -0.2) is 11.6 Å². The zero-order valence-corrected chi connectivity index (χ0v) is 10.1. The third-order valence-electron chi connectivity index (χ3n) is 2.46. The molecule has 2 nitrogen and oxygen atoms in total. The Morgan fingerprint density at radius 2 is 2.50 bits per heavy atom. The van der Waals surface area contributed by atoms with Crippen LogP contribution in [0.25, 0.3) is 0 Å². The van der Waals surface area contributed by atoms with Crippen LogP contribution in [0.5, 0.6) is 0 Å². The predicted octanol–water partition coefficient (Wildman–Crippen LogP) is 3.18. The van der Waals surface area contributed by atoms with Gasteiger partial charge in [-0.25, -0.2) is 0 Å². The summed E-state index contributed by atoms with van der Waals surface area (Å²) in [5, 5.41) is 0. The molecule has 1 rings (SSSR count). The van der Waals surface area contributed by atoms with Crippen molar-refractivity contribution in [3.8, 4) is 0 Å². The highest BCUT2D eigenvalue weighted by molar-refractivity contribution is 9.11. The van der Waals surface area contributed by atoms with Crippen molar-refractivity contribution in [3.05, 3.63) is 23.2 Å². The van der Waals surface area contributed by atoms with Crippen LogP contribution >= 0.6 is 15.9 Å². The van der Waals surface area contributed by atoms with E-state index in [1.165, 1.54) is 6.92 Å². The fourth-order valence-corrected chi connectivity index (χ4v) is 2.53. The first-order chi connectivity index (χ1) is 6.50. The smallest absolute Gasteiger partial charge is 0.303 e. The van der Waals surface area contributed by atoms with E-state index in [9.17, 15) is 4.79 Å². The normalized spacial score (nSPS) is 31.9. The van der Waals surface area contributed by atoms with Crippen LogP contribution in [0.2, 0.25) is 0 Å². The first kappa shape index (κ1) is 11.5. The van der Waals surface area contributed by atoms with Crippen LogP contribution in [0.4, 0.5) is 0 Å². The number of allylic oxidation sites excluding steroid dienone is 1. The van der Waals surface area contributed by atoms with Gasteiger partial charge in [-0.15, -0.1) is 0 Å². The van der Waals surface area contributed by atoms with Crippen LogP contribution in [0.15, 0.2) is 23.2 Å². The first-order valence-electron chi connectivity index (χ1n) is 4.71. The van der Waals surface area contributed by atoms with Gasteiger partial charge in [-0.05, 0) is 24.8 Å². The topological polar surface area (TPSA) is 26.3 Å². The van der Waals surface area contributed by atoms with E-state index in [0.29, 0.717) is 5.92 Å². The summed E-state index contributed by atoms with van der Waals surface area (Å²) in [5.41, 5.74) is -0.627. The molecule has 0 heterocycles. The first-order valence-corrected chi connectivity index (χ1v) is 5.50. The van der Waals surface area contributed by atoms with E-state index in [0.717, 1.165) is 17.3 Å². The summed E-state index contributed by atoms with van der Waals surface area (Å²) in [6.45, 7) is 7.30. The van der Waals surface area contributed by atoms with Gasteiger partial charge in [0.1, 0.15) is 0 Å². The second-order valence-electron chi connectivity index (χ2n) is 3.72. The van der Waals surface area contributed by atoms with Crippen molar-refractivity contribution in [2.75, 3.05) is 0 Å². The number of hydrogen-bond donors (Lipinski definition) is 0. The molecule has 0 amide bonds. The molecule has 0 bridgehead atoms. The molecule has 2 atom stereocenters. The minimum Gasteiger partial charge on any atom is -0.450 e. The van der Waals surface area contributed by atoms with Crippen molar-refractivity contribution in [2.24, 2.45) is 5.92 Å². The number of carbonyl (C=O) groups excluding carboxylic acids is 1. The summed E-state index contributed by atoms with van der Waals surface area (Å²) >= 11 is 3.45. The van der Waals surface area contributed by atoms with Gasteiger partial charge in [-0.2, -0.15) is 0 Å². The van der Waals surface area contributed by atoms with Crippen LogP contribution in [0.1, 0.15) is 26.7 Å². The zero-order valence-electron chi connectivity index (χ0n) is 8.55. The summed E-state index contributed by atoms with van der Waals surface area (Å²) < 4.78 is 6.23. The number of ether oxygens (including phenoxy) is 1. The van der Waals surface area contributed by atoms with E-state index < -0.39 is 5.60 Å². The average Bonchev–Trinajstić information content (AvgIpc) is 2.10. The summed E-state index contributed by atoms with van der Waals surface area (Å²) in [6.07, 6.45) is 5.58. The maximum absolute atomic E-state index is 11.0. The SMILES string of the molecule is C=CC1(OC(C)=O)CCC(C)C=C1Br. The molecular weight excluding hydrogens is 244 g/mol. The molecule has 0 fully saturated rings. The molecule has 1 aliphatic carbocycles. The van der Waals surface area contributed by atoms with Crippen molar-refractivity contribution in [2.45, 2.75) is 32.3 Å². The van der Waals surface area contributed by atoms with Gasteiger partial charge in [0.15, 0.2) is 5.60 Å². The number of rotatable bonds is 2. The van der Waals surface area contributed by atoms with Crippen molar-refractivity contribution >= 4 is 21.9 Å². The molecule has 0 aromatic carbocycles. The van der Waals surface area contributed by atoms with Crippen LogP contribution in [0.3, 0.4) is 0 Å². The Kier molecular flexibility index (Phi) is 3.53. The number of esters is 1. The standard InChI is InChI=1S/C11H15BrO2/c1-4-11(14-9(3)13)6-5-8(2)7-10(11)12/h4,7-8H,1,5-6H2,2-3H3. The van der Waals surface area contributed by atoms with Gasteiger partial charge in [0.05, 0.1) is 0 Å². The molecule has 0 aromatic heterocycles. The molecule has 0 aliphatic heterocycles. The lowest BCUT2D eigenvalue weighted by Gasteiger charge is -2.34. The number of halogens is 1. The van der Waals surface area contributed by atoms with Gasteiger partial charge in [0.25, 0.3) is 0 Å². The van der Waals surface area contributed by atoms with E-state index in [4.69, 9.17) is 4.74 Å². The Morgan fingerprint density at radius 1 is 1.86 bits per heavy atom. The molecule has 14 heavy (non-hydrogen) atoms. The molecule has 0 aromatic rings. The molecule has 0 radical (unpaired) electrons. The molecule has 1 aliphatic rings. The lowest BCUT2D eigenvalue weighted by molar-refractivity contribution is -0.149. The monoisotopic (exact) mass is 258 g/mol. The lowest BCUT2D eigenvalue weighted by atomic mass is 9.86. The molecule has 3 heteroatoms. The second kappa shape index (κ2) is 4.30. The Hall–Kier alpha value is -0.570. The average molecular weight is 259 g/mol. The Bertz CT molecular complexity index is 283. The molecule has 0 saturated heterocycles. The van der Waals surface area contributed by atoms with E-state index in [2.05, 4.69) is 35.5 Å². The van der Waals surface area contributed by atoms with Gasteiger partial charge in [0.2, 0.25) is 0 Å². The molecule has 78 valence electrons. The Labute approximate surface area is 93.1 Å². The van der Waals surface area contributed by atoms with Gasteiger partial charge >= 0.3 is 5.97 Å². The quantitative estimate of drug-likeness (QED) is 0.562.